The third kappa shape index (κ3) is 3.29. The van der Waals surface area contributed by atoms with Crippen LogP contribution in [0.4, 0.5) is 0 Å². The van der Waals surface area contributed by atoms with E-state index in [4.69, 9.17) is 5.41 Å². The molecule has 4 heterocycles. The minimum atomic E-state index is 0.442. The van der Waals surface area contributed by atoms with Crippen LogP contribution in [0.25, 0.3) is 9.81 Å². The maximum absolute atomic E-state index is 9.33. The molecule has 3 aliphatic rings. The van der Waals surface area contributed by atoms with Crippen LogP contribution >= 0.6 is 58.4 Å². The number of nitrogens with one attached hydrogen (secondary N) is 1. The third-order valence-corrected chi connectivity index (χ3v) is 12.7. The highest BCUT2D eigenvalue weighted by Crippen LogP contribution is 2.68. The van der Waals surface area contributed by atoms with Crippen molar-refractivity contribution in [3.05, 3.63) is 50.1 Å². The van der Waals surface area contributed by atoms with Gasteiger partial charge in [-0.25, -0.2) is 0 Å². The van der Waals surface area contributed by atoms with E-state index in [0.717, 1.165) is 16.3 Å². The van der Waals surface area contributed by atoms with Crippen LogP contribution in [-0.4, -0.2) is 30.1 Å². The number of thioether (sulfide) groups is 4. The van der Waals surface area contributed by atoms with Crippen molar-refractivity contribution in [2.24, 2.45) is 0 Å². The summed E-state index contributed by atoms with van der Waals surface area (Å²) in [5.74, 6) is 1.26. The fourth-order valence-corrected chi connectivity index (χ4v) is 11.4. The highest BCUT2D eigenvalue weighted by Gasteiger charge is 2.36. The second-order valence-electron chi connectivity index (χ2n) is 6.85. The number of hydrogen-bond acceptors (Lipinski definition) is 9. The maximum atomic E-state index is 9.33. The first-order valence-electron chi connectivity index (χ1n) is 8.88. The second-order valence-corrected chi connectivity index (χ2v) is 13.0. The Morgan fingerprint density at radius 3 is 1.86 bits per heavy atom. The van der Waals surface area contributed by atoms with E-state index < -0.39 is 0 Å². The predicted molar refractivity (Wildman–Crippen MR) is 133 cm³/mol. The summed E-state index contributed by atoms with van der Waals surface area (Å²) in [6.45, 7) is 8.50. The van der Waals surface area contributed by atoms with Crippen LogP contribution in [0.15, 0.2) is 29.9 Å². The highest BCUT2D eigenvalue weighted by atomic mass is 32.3. The lowest BCUT2D eigenvalue weighted by molar-refractivity contribution is 0.423. The Hall–Kier alpha value is -1.18. The van der Waals surface area contributed by atoms with E-state index in [1.54, 1.807) is 11.3 Å². The molecule has 0 fully saturated rings. The van der Waals surface area contributed by atoms with Crippen LogP contribution in [0.2, 0.25) is 0 Å². The van der Waals surface area contributed by atoms with Crippen molar-refractivity contribution in [2.45, 2.75) is 27.7 Å². The highest BCUT2D eigenvalue weighted by molar-refractivity contribution is 8.51. The Morgan fingerprint density at radius 1 is 0.862 bits per heavy atom. The van der Waals surface area contributed by atoms with Gasteiger partial charge in [0.05, 0.1) is 31.6 Å². The molecular formula is C20H20N4S5. The Labute approximate surface area is 192 Å². The SMILES string of the molecule is CC1=C(C)N(C)C(=C2SC3=C(S2)SC(=c2s/c(=C(\C#N)C=N)c(C)c2C)S3)N1C. The molecule has 0 unspecified atom stereocenters. The van der Waals surface area contributed by atoms with E-state index in [1.807, 2.05) is 54.0 Å². The summed E-state index contributed by atoms with van der Waals surface area (Å²) >= 11 is 9.05. The smallest absolute Gasteiger partial charge is 0.133 e. The number of hydrogen-bond donors (Lipinski definition) is 1. The van der Waals surface area contributed by atoms with Crippen molar-refractivity contribution < 1.29 is 0 Å². The third-order valence-electron chi connectivity index (χ3n) is 5.40. The van der Waals surface area contributed by atoms with Gasteiger partial charge in [0, 0.05) is 31.7 Å². The number of nitrogens with zero attached hydrogens (tertiary/aromatic N) is 3. The molecule has 9 heteroatoms. The Balaban J connectivity index is 1.68. The molecule has 29 heavy (non-hydrogen) atoms. The molecule has 1 N–H and O–H groups in total. The van der Waals surface area contributed by atoms with Gasteiger partial charge in [-0.2, -0.15) is 5.26 Å². The number of thiophene rings is 1. The molecule has 0 saturated heterocycles. The van der Waals surface area contributed by atoms with Crippen molar-refractivity contribution in [1.82, 2.24) is 9.80 Å². The molecule has 150 valence electrons. The lowest BCUT2D eigenvalue weighted by atomic mass is 10.2. The molecule has 0 atom stereocenters. The van der Waals surface area contributed by atoms with Crippen LogP contribution in [0.3, 0.4) is 0 Å². The summed E-state index contributed by atoms with van der Waals surface area (Å²) < 4.78 is 7.48. The lowest BCUT2D eigenvalue weighted by Crippen LogP contribution is -2.19. The van der Waals surface area contributed by atoms with Gasteiger partial charge in [-0.3, -0.25) is 0 Å². The van der Waals surface area contributed by atoms with Crippen molar-refractivity contribution in [3.8, 4) is 6.07 Å². The van der Waals surface area contributed by atoms with Gasteiger partial charge in [0.1, 0.15) is 11.9 Å². The molecular weight excluding hydrogens is 457 g/mol. The summed E-state index contributed by atoms with van der Waals surface area (Å²) in [7, 11) is 4.28. The van der Waals surface area contributed by atoms with E-state index >= 15 is 0 Å². The van der Waals surface area contributed by atoms with E-state index in [1.165, 1.54) is 44.3 Å². The molecule has 4 nitrogen and oxygen atoms in total. The minimum absolute atomic E-state index is 0.442. The average Bonchev–Trinajstić information content (AvgIpc) is 3.38. The monoisotopic (exact) mass is 476 g/mol. The molecule has 4 rings (SSSR count). The van der Waals surface area contributed by atoms with Crippen molar-refractivity contribution in [3.63, 3.8) is 0 Å². The fraction of sp³-hybridized carbons (Fsp3) is 0.300. The van der Waals surface area contributed by atoms with Crippen LogP contribution < -0.4 is 9.06 Å². The molecule has 1 aromatic heterocycles. The molecule has 0 spiro atoms. The zero-order valence-corrected chi connectivity index (χ0v) is 21.0. The van der Waals surface area contributed by atoms with Crippen LogP contribution in [0, 0.1) is 30.6 Å². The van der Waals surface area contributed by atoms with Crippen LogP contribution in [-0.2, 0) is 0 Å². The standard InChI is InChI=1S/C20H20N4S5/c1-9-10(2)15(25-14(9)13(7-21)8-22)17-26-19-20(27-17)29-18(28-19)16-23(5)11(3)12(4)24(16)6/h7,21H,1-6H3/b14-13-,21-7?. The molecule has 0 saturated carbocycles. The molecule has 0 aliphatic carbocycles. The summed E-state index contributed by atoms with van der Waals surface area (Å²) in [6.07, 6.45) is 1.16. The van der Waals surface area contributed by atoms with Gasteiger partial charge >= 0.3 is 0 Å². The Bertz CT molecular complexity index is 1170. The topological polar surface area (TPSA) is 54.1 Å². The molecule has 0 radical (unpaired) electrons. The quantitative estimate of drug-likeness (QED) is 0.566. The largest absolute Gasteiger partial charge is 0.332 e. The number of nitriles is 1. The minimum Gasteiger partial charge on any atom is -0.332 e. The zero-order valence-electron chi connectivity index (χ0n) is 17.0. The van der Waals surface area contributed by atoms with E-state index in [0.29, 0.717) is 5.57 Å². The predicted octanol–water partition coefficient (Wildman–Crippen LogP) is 5.10. The van der Waals surface area contributed by atoms with E-state index in [9.17, 15) is 5.26 Å². The number of allylic oxidation sites excluding steroid dienone is 2. The second kappa shape index (κ2) is 7.82. The van der Waals surface area contributed by atoms with Gasteiger partial charge in [0.25, 0.3) is 0 Å². The molecule has 3 aliphatic heterocycles. The summed E-state index contributed by atoms with van der Waals surface area (Å²) in [5, 5.41) is 16.9. The van der Waals surface area contributed by atoms with Crippen molar-refractivity contribution in [1.29, 1.82) is 10.7 Å². The lowest BCUT2D eigenvalue weighted by Gasteiger charge is -2.22. The molecule has 0 aromatic carbocycles. The zero-order chi connectivity index (χ0) is 21.0. The van der Waals surface area contributed by atoms with Gasteiger partial charge < -0.3 is 15.2 Å². The van der Waals surface area contributed by atoms with Gasteiger partial charge in [0.2, 0.25) is 0 Å². The van der Waals surface area contributed by atoms with Crippen molar-refractivity contribution >= 4 is 74.4 Å². The summed E-state index contributed by atoms with van der Waals surface area (Å²) in [4.78, 5) is 4.56. The molecule has 1 aromatic rings. The normalized spacial score (nSPS) is 20.2. The van der Waals surface area contributed by atoms with Gasteiger partial charge in [0.15, 0.2) is 0 Å². The Morgan fingerprint density at radius 2 is 1.38 bits per heavy atom. The summed E-state index contributed by atoms with van der Waals surface area (Å²) in [6, 6.07) is 2.16. The fourth-order valence-electron chi connectivity index (χ4n) is 3.27. The average molecular weight is 477 g/mol. The van der Waals surface area contributed by atoms with Gasteiger partial charge in [-0.15, -0.1) is 11.3 Å². The van der Waals surface area contributed by atoms with Crippen LogP contribution in [0.1, 0.15) is 25.0 Å². The van der Waals surface area contributed by atoms with E-state index in [2.05, 4.69) is 50.7 Å². The molecule has 0 amide bonds. The van der Waals surface area contributed by atoms with Gasteiger partial charge in [-0.05, 0) is 38.8 Å². The Kier molecular flexibility index (Phi) is 5.68. The van der Waals surface area contributed by atoms with Gasteiger partial charge in [-0.1, -0.05) is 47.0 Å². The van der Waals surface area contributed by atoms with Crippen molar-refractivity contribution in [2.75, 3.05) is 14.1 Å². The van der Waals surface area contributed by atoms with E-state index in [-0.39, 0.29) is 0 Å². The first kappa shape index (κ1) is 21.1. The molecule has 0 bridgehead atoms. The number of rotatable bonds is 1. The first-order valence-corrected chi connectivity index (χ1v) is 13.0. The van der Waals surface area contributed by atoms with Crippen LogP contribution in [0.5, 0.6) is 0 Å². The first-order chi connectivity index (χ1) is 13.8. The summed E-state index contributed by atoms with van der Waals surface area (Å²) in [5.41, 5.74) is 5.36. The maximum Gasteiger partial charge on any atom is 0.133 e.